The van der Waals surface area contributed by atoms with Gasteiger partial charge in [-0.05, 0) is 38.8 Å². The Morgan fingerprint density at radius 2 is 2.27 bits per heavy atom. The molecule has 1 aromatic rings. The van der Waals surface area contributed by atoms with E-state index in [1.54, 1.807) is 0 Å². The van der Waals surface area contributed by atoms with Crippen LogP contribution in [-0.2, 0) is 4.74 Å². The Balaban J connectivity index is 2.13. The number of thiophene rings is 1. The van der Waals surface area contributed by atoms with Gasteiger partial charge in [0.2, 0.25) is 0 Å². The van der Waals surface area contributed by atoms with Gasteiger partial charge < -0.3 is 10.5 Å². The van der Waals surface area contributed by atoms with Gasteiger partial charge in [-0.25, -0.2) is 0 Å². The highest BCUT2D eigenvalue weighted by Gasteiger charge is 2.29. The number of nitrogens with two attached hydrogens (primary N) is 1. The quantitative estimate of drug-likeness (QED) is 0.840. The first-order chi connectivity index (χ1) is 7.08. The Bertz CT molecular complexity index is 347. The average Bonchev–Trinajstić information content (AvgIpc) is 2.71. The van der Waals surface area contributed by atoms with Crippen LogP contribution in [0.25, 0.3) is 0 Å². The molecule has 15 heavy (non-hydrogen) atoms. The molecule has 0 saturated carbocycles. The highest BCUT2D eigenvalue weighted by molar-refractivity contribution is 7.12. The Morgan fingerprint density at radius 1 is 1.53 bits per heavy atom. The zero-order chi connectivity index (χ0) is 11.0. The molecule has 0 aliphatic carbocycles. The molecule has 0 spiro atoms. The number of hydrogen-bond donors (Lipinski definition) is 1. The number of hydrogen-bond acceptors (Lipinski definition) is 3. The molecule has 3 atom stereocenters. The molecule has 3 heteroatoms. The first-order valence-electron chi connectivity index (χ1n) is 5.52. The van der Waals surface area contributed by atoms with Gasteiger partial charge in [-0.2, -0.15) is 0 Å². The van der Waals surface area contributed by atoms with Crippen molar-refractivity contribution in [2.24, 2.45) is 11.7 Å². The largest absolute Gasteiger partial charge is 0.378 e. The maximum absolute atomic E-state index is 6.30. The van der Waals surface area contributed by atoms with Crippen molar-refractivity contribution in [1.82, 2.24) is 0 Å². The molecule has 1 aromatic heterocycles. The second-order valence-corrected chi connectivity index (χ2v) is 5.99. The van der Waals surface area contributed by atoms with Crippen LogP contribution in [0.4, 0.5) is 0 Å². The van der Waals surface area contributed by atoms with Crippen molar-refractivity contribution in [3.8, 4) is 0 Å². The third kappa shape index (κ3) is 2.25. The first-order valence-corrected chi connectivity index (χ1v) is 6.33. The van der Waals surface area contributed by atoms with E-state index in [9.17, 15) is 0 Å². The van der Waals surface area contributed by atoms with E-state index >= 15 is 0 Å². The van der Waals surface area contributed by atoms with Crippen LogP contribution in [0.1, 0.15) is 34.7 Å². The molecule has 0 aromatic carbocycles. The van der Waals surface area contributed by atoms with Crippen LogP contribution < -0.4 is 5.73 Å². The molecule has 2 N–H and O–H groups in total. The lowest BCUT2D eigenvalue weighted by atomic mass is 9.92. The Kier molecular flexibility index (Phi) is 3.14. The zero-order valence-electron chi connectivity index (χ0n) is 9.62. The maximum Gasteiger partial charge on any atom is 0.0551 e. The van der Waals surface area contributed by atoms with Crippen LogP contribution in [0.2, 0.25) is 0 Å². The molecule has 2 rings (SSSR count). The minimum atomic E-state index is 0.153. The van der Waals surface area contributed by atoms with Crippen molar-refractivity contribution in [3.05, 3.63) is 21.4 Å². The fraction of sp³-hybridized carbons (Fsp3) is 0.667. The Hall–Kier alpha value is -0.380. The van der Waals surface area contributed by atoms with E-state index in [0.29, 0.717) is 12.0 Å². The number of aryl methyl sites for hydroxylation is 2. The summed E-state index contributed by atoms with van der Waals surface area (Å²) in [6, 6.07) is 2.38. The van der Waals surface area contributed by atoms with Gasteiger partial charge in [0.05, 0.1) is 12.7 Å². The van der Waals surface area contributed by atoms with Crippen LogP contribution in [-0.4, -0.2) is 12.7 Å². The summed E-state index contributed by atoms with van der Waals surface area (Å²) in [4.78, 5) is 2.71. The molecule has 0 amide bonds. The summed E-state index contributed by atoms with van der Waals surface area (Å²) in [5, 5.41) is 0. The van der Waals surface area contributed by atoms with Crippen LogP contribution in [0.5, 0.6) is 0 Å². The zero-order valence-corrected chi connectivity index (χ0v) is 10.4. The Labute approximate surface area is 95.4 Å². The molecule has 84 valence electrons. The molecular formula is C12H19NOS. The predicted molar refractivity (Wildman–Crippen MR) is 64.2 cm³/mol. The molecule has 1 fully saturated rings. The van der Waals surface area contributed by atoms with Crippen LogP contribution in [0, 0.1) is 19.8 Å². The summed E-state index contributed by atoms with van der Waals surface area (Å²) in [7, 11) is 0. The lowest BCUT2D eigenvalue weighted by Crippen LogP contribution is -2.21. The van der Waals surface area contributed by atoms with E-state index in [1.807, 2.05) is 11.3 Å². The summed E-state index contributed by atoms with van der Waals surface area (Å²) in [5.74, 6) is 0.493. The second-order valence-electron chi connectivity index (χ2n) is 4.53. The van der Waals surface area contributed by atoms with Gasteiger partial charge >= 0.3 is 0 Å². The molecule has 1 aliphatic rings. The van der Waals surface area contributed by atoms with Crippen molar-refractivity contribution in [2.75, 3.05) is 6.61 Å². The summed E-state index contributed by atoms with van der Waals surface area (Å²) >= 11 is 1.84. The van der Waals surface area contributed by atoms with Crippen molar-refractivity contribution in [1.29, 1.82) is 0 Å². The molecule has 1 saturated heterocycles. The predicted octanol–water partition coefficient (Wildman–Crippen LogP) is 2.79. The molecular weight excluding hydrogens is 206 g/mol. The summed E-state index contributed by atoms with van der Waals surface area (Å²) in [6.07, 6.45) is 1.47. The van der Waals surface area contributed by atoms with Crippen molar-refractivity contribution in [2.45, 2.75) is 39.3 Å². The van der Waals surface area contributed by atoms with Gasteiger partial charge in [-0.3, -0.25) is 0 Å². The van der Waals surface area contributed by atoms with E-state index in [2.05, 4.69) is 26.8 Å². The first kappa shape index (κ1) is 11.1. The van der Waals surface area contributed by atoms with Crippen LogP contribution in [0.15, 0.2) is 6.07 Å². The van der Waals surface area contributed by atoms with Crippen molar-refractivity contribution < 1.29 is 4.74 Å². The molecule has 1 aliphatic heterocycles. The summed E-state index contributed by atoms with van der Waals surface area (Å²) < 4.78 is 5.58. The molecule has 2 heterocycles. The van der Waals surface area contributed by atoms with Crippen LogP contribution >= 0.6 is 11.3 Å². The van der Waals surface area contributed by atoms with E-state index < -0.39 is 0 Å². The fourth-order valence-corrected chi connectivity index (χ4v) is 3.32. The average molecular weight is 225 g/mol. The topological polar surface area (TPSA) is 35.2 Å². The Morgan fingerprint density at radius 3 is 2.73 bits per heavy atom. The minimum Gasteiger partial charge on any atom is -0.378 e. The van der Waals surface area contributed by atoms with E-state index in [-0.39, 0.29) is 6.04 Å². The van der Waals surface area contributed by atoms with Crippen molar-refractivity contribution in [3.63, 3.8) is 0 Å². The lowest BCUT2D eigenvalue weighted by molar-refractivity contribution is 0.118. The van der Waals surface area contributed by atoms with Gasteiger partial charge in [0.15, 0.2) is 0 Å². The third-order valence-electron chi connectivity index (χ3n) is 3.18. The van der Waals surface area contributed by atoms with E-state index in [0.717, 1.165) is 13.0 Å². The highest BCUT2D eigenvalue weighted by atomic mass is 32.1. The van der Waals surface area contributed by atoms with E-state index in [4.69, 9.17) is 10.5 Å². The third-order valence-corrected chi connectivity index (χ3v) is 4.16. The van der Waals surface area contributed by atoms with Gasteiger partial charge in [0.25, 0.3) is 0 Å². The SMILES string of the molecule is Cc1cc(C(N)C2COC(C)C2)c(C)s1. The van der Waals surface area contributed by atoms with Gasteiger partial charge in [0.1, 0.15) is 0 Å². The van der Waals surface area contributed by atoms with Gasteiger partial charge in [-0.1, -0.05) is 0 Å². The normalized spacial score (nSPS) is 28.3. The lowest BCUT2D eigenvalue weighted by Gasteiger charge is -2.17. The van der Waals surface area contributed by atoms with Crippen molar-refractivity contribution >= 4 is 11.3 Å². The smallest absolute Gasteiger partial charge is 0.0551 e. The van der Waals surface area contributed by atoms with E-state index in [1.165, 1.54) is 15.3 Å². The number of ether oxygens (including phenoxy) is 1. The molecule has 3 unspecified atom stereocenters. The standard InChI is InChI=1S/C12H19NOS/c1-7-4-10(6-14-7)12(13)11-5-8(2)15-9(11)3/h5,7,10,12H,4,6,13H2,1-3H3. The number of rotatable bonds is 2. The maximum atomic E-state index is 6.30. The monoisotopic (exact) mass is 225 g/mol. The van der Waals surface area contributed by atoms with Crippen LogP contribution in [0.3, 0.4) is 0 Å². The summed E-state index contributed by atoms with van der Waals surface area (Å²) in [5.41, 5.74) is 7.62. The minimum absolute atomic E-state index is 0.153. The molecule has 0 bridgehead atoms. The van der Waals surface area contributed by atoms with Gasteiger partial charge in [0, 0.05) is 21.7 Å². The van der Waals surface area contributed by atoms with Gasteiger partial charge in [-0.15, -0.1) is 11.3 Å². The summed E-state index contributed by atoms with van der Waals surface area (Å²) in [6.45, 7) is 7.24. The molecule has 2 nitrogen and oxygen atoms in total. The highest BCUT2D eigenvalue weighted by Crippen LogP contribution is 2.34. The molecule has 0 radical (unpaired) electrons. The second kappa shape index (κ2) is 4.24. The fourth-order valence-electron chi connectivity index (χ4n) is 2.34.